The molecule has 0 heterocycles. The molecule has 1 saturated carbocycles. The van der Waals surface area contributed by atoms with Crippen molar-refractivity contribution >= 4 is 35.8 Å². The highest BCUT2D eigenvalue weighted by molar-refractivity contribution is 14.0. The molecule has 0 spiro atoms. The van der Waals surface area contributed by atoms with E-state index >= 15 is 0 Å². The molecule has 1 amide bonds. The number of carbonyl (C=O) groups excluding carboxylic acids is 1. The van der Waals surface area contributed by atoms with Crippen molar-refractivity contribution in [1.29, 1.82) is 0 Å². The number of primary amides is 1. The first-order valence-electron chi connectivity index (χ1n) is 8.67. The Labute approximate surface area is 166 Å². The van der Waals surface area contributed by atoms with Gasteiger partial charge in [-0.1, -0.05) is 25.0 Å². The van der Waals surface area contributed by atoms with Crippen molar-refractivity contribution in [3.05, 3.63) is 35.6 Å². The number of aliphatic imine (C=N–C) groups is 1. The summed E-state index contributed by atoms with van der Waals surface area (Å²) in [7, 11) is 0. The molecule has 1 unspecified atom stereocenters. The second-order valence-corrected chi connectivity index (χ2v) is 6.28. The van der Waals surface area contributed by atoms with E-state index in [4.69, 9.17) is 5.73 Å². The minimum Gasteiger partial charge on any atom is -0.369 e. The molecule has 0 radical (unpaired) electrons. The molecule has 140 valence electrons. The van der Waals surface area contributed by atoms with Gasteiger partial charge >= 0.3 is 0 Å². The summed E-state index contributed by atoms with van der Waals surface area (Å²) in [6.07, 6.45) is 5.25. The van der Waals surface area contributed by atoms with Gasteiger partial charge in [0.05, 0.1) is 12.5 Å². The molecule has 0 aliphatic heterocycles. The van der Waals surface area contributed by atoms with Gasteiger partial charge in [0.15, 0.2) is 5.96 Å². The van der Waals surface area contributed by atoms with E-state index in [1.165, 1.54) is 25.0 Å². The number of rotatable bonds is 7. The minimum absolute atomic E-state index is 0. The maximum Gasteiger partial charge on any atom is 0.222 e. The number of hydrogen-bond donors (Lipinski definition) is 3. The molecule has 25 heavy (non-hydrogen) atoms. The lowest BCUT2D eigenvalue weighted by Crippen LogP contribution is -2.43. The molecule has 5 nitrogen and oxygen atoms in total. The van der Waals surface area contributed by atoms with Crippen LogP contribution in [-0.2, 0) is 11.2 Å². The van der Waals surface area contributed by atoms with Crippen molar-refractivity contribution in [2.75, 3.05) is 13.1 Å². The van der Waals surface area contributed by atoms with Gasteiger partial charge in [-0.15, -0.1) is 24.0 Å². The molecule has 0 saturated heterocycles. The highest BCUT2D eigenvalue weighted by Gasteiger charge is 2.18. The van der Waals surface area contributed by atoms with Gasteiger partial charge in [0.25, 0.3) is 0 Å². The molecule has 7 heteroatoms. The molecule has 1 aromatic carbocycles. The molecule has 1 fully saturated rings. The number of hydrogen-bond acceptors (Lipinski definition) is 2. The van der Waals surface area contributed by atoms with Crippen LogP contribution in [0.4, 0.5) is 4.39 Å². The van der Waals surface area contributed by atoms with Gasteiger partial charge < -0.3 is 16.4 Å². The molecule has 0 aromatic heterocycles. The minimum atomic E-state index is -0.408. The lowest BCUT2D eigenvalue weighted by atomic mass is 9.99. The number of guanidine groups is 1. The maximum atomic E-state index is 13.0. The zero-order valence-corrected chi connectivity index (χ0v) is 17.0. The van der Waals surface area contributed by atoms with Gasteiger partial charge in [-0.3, -0.25) is 9.79 Å². The second-order valence-electron chi connectivity index (χ2n) is 6.28. The van der Waals surface area contributed by atoms with Crippen LogP contribution >= 0.6 is 24.0 Å². The van der Waals surface area contributed by atoms with Crippen molar-refractivity contribution in [3.8, 4) is 0 Å². The Morgan fingerprint density at radius 1 is 1.32 bits per heavy atom. The van der Waals surface area contributed by atoms with Gasteiger partial charge in [0, 0.05) is 12.6 Å². The topological polar surface area (TPSA) is 79.5 Å². The van der Waals surface area contributed by atoms with Crippen LogP contribution in [0.5, 0.6) is 0 Å². The standard InChI is InChI=1S/C18H27FN4O.HI/c1-2-21-18(23-16-5-3-4-6-16)22-12-14(17(20)24)11-13-7-9-15(19)10-8-13;/h7-10,14,16H,2-6,11-12H2,1H3,(H2,20,24)(H2,21,22,23);1H. The fourth-order valence-electron chi connectivity index (χ4n) is 2.95. The summed E-state index contributed by atoms with van der Waals surface area (Å²) in [6.45, 7) is 3.09. The van der Waals surface area contributed by atoms with Crippen LogP contribution in [0.3, 0.4) is 0 Å². The average molecular weight is 462 g/mol. The summed E-state index contributed by atoms with van der Waals surface area (Å²) in [4.78, 5) is 16.3. The van der Waals surface area contributed by atoms with Gasteiger partial charge in [-0.25, -0.2) is 4.39 Å². The SMILES string of the molecule is CCNC(=NCC(Cc1ccc(F)cc1)C(N)=O)NC1CCCC1.I. The van der Waals surface area contributed by atoms with Crippen LogP contribution < -0.4 is 16.4 Å². The lowest BCUT2D eigenvalue weighted by molar-refractivity contribution is -0.121. The number of halogens is 2. The molecular weight excluding hydrogens is 434 g/mol. The zero-order chi connectivity index (χ0) is 17.4. The Hall–Kier alpha value is -1.38. The van der Waals surface area contributed by atoms with E-state index < -0.39 is 5.92 Å². The van der Waals surface area contributed by atoms with Crippen LogP contribution in [-0.4, -0.2) is 31.0 Å². The van der Waals surface area contributed by atoms with E-state index in [2.05, 4.69) is 15.6 Å². The van der Waals surface area contributed by atoms with E-state index in [0.29, 0.717) is 19.0 Å². The second kappa shape index (κ2) is 11.3. The van der Waals surface area contributed by atoms with Gasteiger partial charge in [-0.05, 0) is 43.9 Å². The molecule has 4 N–H and O–H groups in total. The molecule has 1 atom stereocenters. The van der Waals surface area contributed by atoms with Crippen LogP contribution in [0.25, 0.3) is 0 Å². The Balaban J connectivity index is 0.00000312. The van der Waals surface area contributed by atoms with Crippen LogP contribution in [0.2, 0.25) is 0 Å². The van der Waals surface area contributed by atoms with Crippen LogP contribution in [0.1, 0.15) is 38.2 Å². The van der Waals surface area contributed by atoms with Crippen molar-refractivity contribution in [3.63, 3.8) is 0 Å². The number of nitrogens with two attached hydrogens (primary N) is 1. The maximum absolute atomic E-state index is 13.0. The molecular formula is C18H28FIN4O. The monoisotopic (exact) mass is 462 g/mol. The summed E-state index contributed by atoms with van der Waals surface area (Å²) < 4.78 is 13.0. The Morgan fingerprint density at radius 3 is 2.52 bits per heavy atom. The Morgan fingerprint density at radius 2 is 1.96 bits per heavy atom. The number of carbonyl (C=O) groups is 1. The van der Waals surface area contributed by atoms with Gasteiger partial charge in [-0.2, -0.15) is 0 Å². The van der Waals surface area contributed by atoms with E-state index in [9.17, 15) is 9.18 Å². The smallest absolute Gasteiger partial charge is 0.222 e. The summed E-state index contributed by atoms with van der Waals surface area (Å²) in [5.41, 5.74) is 6.39. The Kier molecular flexibility index (Phi) is 9.77. The van der Waals surface area contributed by atoms with Gasteiger partial charge in [0.1, 0.15) is 5.82 Å². The van der Waals surface area contributed by atoms with E-state index in [1.807, 2.05) is 6.92 Å². The first-order valence-corrected chi connectivity index (χ1v) is 8.67. The van der Waals surface area contributed by atoms with Crippen LogP contribution in [0, 0.1) is 11.7 Å². The number of amides is 1. The predicted octanol–water partition coefficient (Wildman–Crippen LogP) is 2.59. The third-order valence-corrected chi connectivity index (χ3v) is 4.31. The quantitative estimate of drug-likeness (QED) is 0.331. The van der Waals surface area contributed by atoms with Gasteiger partial charge in [0.2, 0.25) is 5.91 Å². The molecule has 1 aromatic rings. The molecule has 1 aliphatic rings. The normalized spacial score (nSPS) is 16.2. The first-order chi connectivity index (χ1) is 11.6. The van der Waals surface area contributed by atoms with E-state index in [1.54, 1.807) is 12.1 Å². The fourth-order valence-corrected chi connectivity index (χ4v) is 2.95. The Bertz CT molecular complexity index is 559. The van der Waals surface area contributed by atoms with E-state index in [-0.39, 0.29) is 35.7 Å². The highest BCUT2D eigenvalue weighted by Crippen LogP contribution is 2.17. The number of nitrogens with zero attached hydrogens (tertiary/aromatic N) is 1. The summed E-state index contributed by atoms with van der Waals surface area (Å²) in [5, 5.41) is 6.63. The third-order valence-electron chi connectivity index (χ3n) is 4.31. The summed E-state index contributed by atoms with van der Waals surface area (Å²) in [5.74, 6) is -0.355. The highest BCUT2D eigenvalue weighted by atomic mass is 127. The van der Waals surface area contributed by atoms with Crippen molar-refractivity contribution < 1.29 is 9.18 Å². The molecule has 1 aliphatic carbocycles. The van der Waals surface area contributed by atoms with Crippen LogP contribution in [0.15, 0.2) is 29.3 Å². The fraction of sp³-hybridized carbons (Fsp3) is 0.556. The average Bonchev–Trinajstić information content (AvgIpc) is 3.06. The van der Waals surface area contributed by atoms with Crippen molar-refractivity contribution in [2.45, 2.75) is 45.1 Å². The summed E-state index contributed by atoms with van der Waals surface area (Å²) in [6, 6.07) is 6.59. The van der Waals surface area contributed by atoms with Crippen molar-refractivity contribution in [2.24, 2.45) is 16.6 Å². The number of benzene rings is 1. The lowest BCUT2D eigenvalue weighted by Gasteiger charge is -2.18. The summed E-state index contributed by atoms with van der Waals surface area (Å²) >= 11 is 0. The first kappa shape index (κ1) is 21.7. The zero-order valence-electron chi connectivity index (χ0n) is 14.6. The largest absolute Gasteiger partial charge is 0.369 e. The van der Waals surface area contributed by atoms with Crippen molar-refractivity contribution in [1.82, 2.24) is 10.6 Å². The third kappa shape index (κ3) is 7.58. The molecule has 0 bridgehead atoms. The van der Waals surface area contributed by atoms with E-state index in [0.717, 1.165) is 30.9 Å². The number of nitrogens with one attached hydrogen (secondary N) is 2. The predicted molar refractivity (Wildman–Crippen MR) is 110 cm³/mol. The molecule has 2 rings (SSSR count).